The number of aliphatic hydroxyl groups is 1. The van der Waals surface area contributed by atoms with Crippen molar-refractivity contribution in [2.75, 3.05) is 0 Å². The number of benzene rings is 2. The maximum Gasteiger partial charge on any atom is 0.116 e. The van der Waals surface area contributed by atoms with Crippen LogP contribution in [0.15, 0.2) is 48.5 Å². The molecule has 2 N–H and O–H groups in total. The molecule has 2 nitrogen and oxygen atoms in total. The van der Waals surface area contributed by atoms with E-state index in [1.807, 2.05) is 12.1 Å². The van der Waals surface area contributed by atoms with Crippen LogP contribution in [-0.2, 0) is 5.60 Å². The number of rotatable bonds is 2. The fourth-order valence-corrected chi connectivity index (χ4v) is 5.99. The predicted octanol–water partition coefficient (Wildman–Crippen LogP) is 4.70. The Morgan fingerprint density at radius 1 is 0.750 bits per heavy atom. The fraction of sp³-hybridized carbons (Fsp3) is 0.455. The lowest BCUT2D eigenvalue weighted by Gasteiger charge is -2.59. The Kier molecular flexibility index (Phi) is 3.09. The molecular weight excluding hydrogens is 296 g/mol. The summed E-state index contributed by atoms with van der Waals surface area (Å²) in [7, 11) is 0. The minimum absolute atomic E-state index is 0.288. The van der Waals surface area contributed by atoms with Gasteiger partial charge in [-0.05, 0) is 84.6 Å². The van der Waals surface area contributed by atoms with Gasteiger partial charge < -0.3 is 10.2 Å². The van der Waals surface area contributed by atoms with Gasteiger partial charge in [0.05, 0.1) is 5.60 Å². The van der Waals surface area contributed by atoms with Crippen molar-refractivity contribution in [3.63, 3.8) is 0 Å². The van der Waals surface area contributed by atoms with Crippen LogP contribution in [0.5, 0.6) is 5.75 Å². The molecule has 2 aromatic rings. The molecular formula is C22H24O2. The second-order valence-electron chi connectivity index (χ2n) is 8.26. The highest BCUT2D eigenvalue weighted by molar-refractivity contribution is 5.65. The van der Waals surface area contributed by atoms with E-state index in [1.165, 1.54) is 32.1 Å². The molecule has 0 heterocycles. The minimum atomic E-state index is -0.620. The van der Waals surface area contributed by atoms with Crippen molar-refractivity contribution in [3.05, 3.63) is 54.1 Å². The summed E-state index contributed by atoms with van der Waals surface area (Å²) in [5.74, 6) is 2.90. The normalized spacial score (nSPS) is 36.9. The molecule has 2 heteroatoms. The summed E-state index contributed by atoms with van der Waals surface area (Å²) in [5, 5.41) is 21.3. The largest absolute Gasteiger partial charge is 0.508 e. The monoisotopic (exact) mass is 320 g/mol. The van der Waals surface area contributed by atoms with Crippen LogP contribution in [0.25, 0.3) is 11.1 Å². The first-order valence-electron chi connectivity index (χ1n) is 9.25. The standard InChI is InChI=1S/C22H24O2/c23-21-3-1-2-17(13-21)16-4-6-18(7-5-16)22(24)19-9-14-8-15(11-19)12-20(22)10-14/h1-7,13-15,19-20,23-24H,8-12H2. The van der Waals surface area contributed by atoms with Crippen LogP contribution in [0.2, 0.25) is 0 Å². The van der Waals surface area contributed by atoms with Crippen LogP contribution in [0.3, 0.4) is 0 Å². The zero-order chi connectivity index (χ0) is 16.3. The average Bonchev–Trinajstić information content (AvgIpc) is 2.59. The van der Waals surface area contributed by atoms with Gasteiger partial charge in [-0.2, -0.15) is 0 Å². The Morgan fingerprint density at radius 3 is 1.96 bits per heavy atom. The maximum absolute atomic E-state index is 11.6. The van der Waals surface area contributed by atoms with E-state index in [9.17, 15) is 10.2 Å². The summed E-state index contributed by atoms with van der Waals surface area (Å²) in [5.41, 5.74) is 2.58. The summed E-state index contributed by atoms with van der Waals surface area (Å²) in [4.78, 5) is 0. The Hall–Kier alpha value is -1.80. The Balaban J connectivity index is 1.49. The molecule has 4 bridgehead atoms. The average molecular weight is 320 g/mol. The molecule has 4 aliphatic carbocycles. The first-order valence-corrected chi connectivity index (χ1v) is 9.25. The molecule has 4 saturated carbocycles. The SMILES string of the molecule is Oc1cccc(-c2ccc(C3(O)C4CC5CC(C4)CC3C5)cc2)c1. The van der Waals surface area contributed by atoms with Crippen LogP contribution in [-0.4, -0.2) is 10.2 Å². The van der Waals surface area contributed by atoms with E-state index in [-0.39, 0.29) is 5.75 Å². The highest BCUT2D eigenvalue weighted by Gasteiger charge is 2.57. The molecule has 0 unspecified atom stereocenters. The number of aromatic hydroxyl groups is 1. The lowest BCUT2D eigenvalue weighted by Crippen LogP contribution is -2.55. The third-order valence-corrected chi connectivity index (χ3v) is 6.91. The highest BCUT2D eigenvalue weighted by Crippen LogP contribution is 2.61. The third-order valence-electron chi connectivity index (χ3n) is 6.91. The number of phenolic OH excluding ortho intramolecular Hbond substituents is 1. The van der Waals surface area contributed by atoms with Crippen molar-refractivity contribution in [3.8, 4) is 16.9 Å². The van der Waals surface area contributed by atoms with Crippen LogP contribution < -0.4 is 0 Å². The quantitative estimate of drug-likeness (QED) is 0.842. The molecule has 2 aromatic carbocycles. The summed E-state index contributed by atoms with van der Waals surface area (Å²) >= 11 is 0. The van der Waals surface area contributed by atoms with Gasteiger partial charge in [-0.1, -0.05) is 36.4 Å². The maximum atomic E-state index is 11.6. The van der Waals surface area contributed by atoms with Gasteiger partial charge in [0.15, 0.2) is 0 Å². The topological polar surface area (TPSA) is 40.5 Å². The zero-order valence-electron chi connectivity index (χ0n) is 13.9. The second kappa shape index (κ2) is 5.10. The Bertz CT molecular complexity index is 734. The van der Waals surface area contributed by atoms with Gasteiger partial charge in [0, 0.05) is 0 Å². The van der Waals surface area contributed by atoms with Crippen molar-refractivity contribution < 1.29 is 10.2 Å². The number of hydrogen-bond donors (Lipinski definition) is 2. The summed E-state index contributed by atoms with van der Waals surface area (Å²) < 4.78 is 0. The van der Waals surface area contributed by atoms with E-state index in [0.29, 0.717) is 11.8 Å². The van der Waals surface area contributed by atoms with Crippen LogP contribution in [0.4, 0.5) is 0 Å². The molecule has 6 rings (SSSR count). The first-order chi connectivity index (χ1) is 11.6. The number of phenols is 1. The van der Waals surface area contributed by atoms with Crippen molar-refractivity contribution in [2.45, 2.75) is 37.7 Å². The van der Waals surface area contributed by atoms with E-state index < -0.39 is 5.60 Å². The van der Waals surface area contributed by atoms with E-state index in [4.69, 9.17) is 0 Å². The lowest BCUT2D eigenvalue weighted by atomic mass is 9.48. The molecule has 0 aromatic heterocycles. The first kappa shape index (κ1) is 14.5. The van der Waals surface area contributed by atoms with Gasteiger partial charge in [-0.25, -0.2) is 0 Å². The molecule has 24 heavy (non-hydrogen) atoms. The van der Waals surface area contributed by atoms with Crippen molar-refractivity contribution >= 4 is 0 Å². The molecule has 4 aliphatic rings. The van der Waals surface area contributed by atoms with Gasteiger partial charge >= 0.3 is 0 Å². The molecule has 0 amide bonds. The summed E-state index contributed by atoms with van der Waals surface area (Å²) in [6.07, 6.45) is 6.23. The van der Waals surface area contributed by atoms with Crippen LogP contribution in [0, 0.1) is 23.7 Å². The molecule has 0 atom stereocenters. The van der Waals surface area contributed by atoms with Gasteiger partial charge in [0.2, 0.25) is 0 Å². The van der Waals surface area contributed by atoms with Gasteiger partial charge in [-0.15, -0.1) is 0 Å². The minimum Gasteiger partial charge on any atom is -0.508 e. The lowest BCUT2D eigenvalue weighted by molar-refractivity contribution is -0.179. The predicted molar refractivity (Wildman–Crippen MR) is 94.5 cm³/mol. The van der Waals surface area contributed by atoms with Gasteiger partial charge in [-0.3, -0.25) is 0 Å². The summed E-state index contributed by atoms with van der Waals surface area (Å²) in [6.45, 7) is 0. The zero-order valence-corrected chi connectivity index (χ0v) is 13.9. The van der Waals surface area contributed by atoms with Crippen molar-refractivity contribution in [1.82, 2.24) is 0 Å². The van der Waals surface area contributed by atoms with Gasteiger partial charge in [0.25, 0.3) is 0 Å². The molecule has 0 aliphatic heterocycles. The van der Waals surface area contributed by atoms with E-state index in [0.717, 1.165) is 28.5 Å². The molecule has 124 valence electrons. The Morgan fingerprint density at radius 2 is 1.38 bits per heavy atom. The van der Waals surface area contributed by atoms with E-state index in [2.05, 4.69) is 24.3 Å². The van der Waals surface area contributed by atoms with Crippen molar-refractivity contribution in [1.29, 1.82) is 0 Å². The van der Waals surface area contributed by atoms with E-state index in [1.54, 1.807) is 12.1 Å². The number of hydrogen-bond acceptors (Lipinski definition) is 2. The molecule has 4 fully saturated rings. The summed E-state index contributed by atoms with van der Waals surface area (Å²) in [6, 6.07) is 15.8. The van der Waals surface area contributed by atoms with Gasteiger partial charge in [0.1, 0.15) is 5.75 Å². The third kappa shape index (κ3) is 2.05. The molecule has 0 saturated heterocycles. The van der Waals surface area contributed by atoms with Crippen LogP contribution in [0.1, 0.15) is 37.7 Å². The van der Waals surface area contributed by atoms with Crippen molar-refractivity contribution in [2.24, 2.45) is 23.7 Å². The Labute approximate surface area is 143 Å². The molecule has 0 radical (unpaired) electrons. The van der Waals surface area contributed by atoms with Crippen LogP contribution >= 0.6 is 0 Å². The second-order valence-corrected chi connectivity index (χ2v) is 8.26. The molecule has 0 spiro atoms. The highest BCUT2D eigenvalue weighted by atomic mass is 16.3. The fourth-order valence-electron chi connectivity index (χ4n) is 5.99. The smallest absolute Gasteiger partial charge is 0.116 e. The van der Waals surface area contributed by atoms with E-state index >= 15 is 0 Å².